The Morgan fingerprint density at radius 3 is 2.53 bits per heavy atom. The molecule has 98 valence electrons. The zero-order valence-electron chi connectivity index (χ0n) is 8.88. The third-order valence-electron chi connectivity index (χ3n) is 1.87. The van der Waals surface area contributed by atoms with Gasteiger partial charge in [0.1, 0.15) is 0 Å². The van der Waals surface area contributed by atoms with E-state index in [1.54, 1.807) is 0 Å². The monoisotopic (exact) mass is 318 g/mol. The number of nitrogens with one attached hydrogen (secondary N) is 1. The molecule has 0 fully saturated rings. The van der Waals surface area contributed by atoms with Crippen LogP contribution in [-0.4, -0.2) is 39.9 Å². The summed E-state index contributed by atoms with van der Waals surface area (Å²) in [6.07, 6.45) is 1.13. The van der Waals surface area contributed by atoms with Gasteiger partial charge in [0.25, 0.3) is 10.0 Å². The maximum absolute atomic E-state index is 11.6. The van der Waals surface area contributed by atoms with E-state index in [0.717, 1.165) is 17.5 Å². The molecule has 0 aliphatic carbocycles. The highest BCUT2D eigenvalue weighted by Crippen LogP contribution is 2.21. The standard InChI is InChI=1S/C7H11ClN2O4S3/c1-2-16(11,12)4-3-10-17(13,14)6-5-9-7(8)15-6/h5,10H,2-4H2,1H3. The van der Waals surface area contributed by atoms with Crippen LogP contribution in [-0.2, 0) is 19.9 Å². The molecule has 0 unspecified atom stereocenters. The van der Waals surface area contributed by atoms with Crippen LogP contribution in [0.15, 0.2) is 10.4 Å². The summed E-state index contributed by atoms with van der Waals surface area (Å²) in [6.45, 7) is 1.35. The molecule has 0 saturated heterocycles. The topological polar surface area (TPSA) is 93.2 Å². The molecule has 0 radical (unpaired) electrons. The van der Waals surface area contributed by atoms with Crippen molar-refractivity contribution < 1.29 is 16.8 Å². The molecule has 0 aliphatic heterocycles. The van der Waals surface area contributed by atoms with Gasteiger partial charge in [0.2, 0.25) is 0 Å². The van der Waals surface area contributed by atoms with Crippen LogP contribution < -0.4 is 4.72 Å². The molecule has 6 nitrogen and oxygen atoms in total. The first-order valence-electron chi connectivity index (χ1n) is 4.58. The van der Waals surface area contributed by atoms with Gasteiger partial charge in [0, 0.05) is 12.3 Å². The predicted octanol–water partition coefficient (Wildman–Crippen LogP) is 0.510. The molecule has 0 atom stereocenters. The van der Waals surface area contributed by atoms with Gasteiger partial charge in [-0.1, -0.05) is 29.9 Å². The smallest absolute Gasteiger partial charge is 0.232 e. The summed E-state index contributed by atoms with van der Waals surface area (Å²) in [4.78, 5) is 3.60. The Kier molecular flexibility index (Phi) is 4.90. The maximum Gasteiger partial charge on any atom is 0.251 e. The Balaban J connectivity index is 2.64. The van der Waals surface area contributed by atoms with Gasteiger partial charge in [-0.05, 0) is 0 Å². The molecule has 0 aliphatic rings. The number of thiazole rings is 1. The van der Waals surface area contributed by atoms with Crippen LogP contribution in [0, 0.1) is 0 Å². The van der Waals surface area contributed by atoms with Crippen LogP contribution in [0.2, 0.25) is 4.47 Å². The average Bonchev–Trinajstić information content (AvgIpc) is 2.65. The van der Waals surface area contributed by atoms with Crippen molar-refractivity contribution in [1.82, 2.24) is 9.71 Å². The fraction of sp³-hybridized carbons (Fsp3) is 0.571. The van der Waals surface area contributed by atoms with E-state index < -0.39 is 19.9 Å². The zero-order chi connectivity index (χ0) is 13.1. The van der Waals surface area contributed by atoms with E-state index >= 15 is 0 Å². The summed E-state index contributed by atoms with van der Waals surface area (Å²) in [5.74, 6) is -0.240. The molecule has 0 bridgehead atoms. The highest BCUT2D eigenvalue weighted by Gasteiger charge is 2.18. The van der Waals surface area contributed by atoms with Crippen molar-refractivity contribution in [2.45, 2.75) is 11.1 Å². The van der Waals surface area contributed by atoms with Crippen LogP contribution in [0.3, 0.4) is 0 Å². The van der Waals surface area contributed by atoms with Crippen LogP contribution in [0.4, 0.5) is 0 Å². The average molecular weight is 319 g/mol. The number of sulfonamides is 1. The lowest BCUT2D eigenvalue weighted by atomic mass is 10.8. The lowest BCUT2D eigenvalue weighted by Gasteiger charge is -2.03. The zero-order valence-corrected chi connectivity index (χ0v) is 12.1. The molecule has 0 amide bonds. The molecule has 10 heteroatoms. The third-order valence-corrected chi connectivity index (χ3v) is 6.61. The van der Waals surface area contributed by atoms with Gasteiger partial charge in [0.15, 0.2) is 18.5 Å². The molecule has 1 N–H and O–H groups in total. The highest BCUT2D eigenvalue weighted by molar-refractivity contribution is 7.92. The summed E-state index contributed by atoms with van der Waals surface area (Å²) < 4.78 is 47.8. The molecular weight excluding hydrogens is 308 g/mol. The number of hydrogen-bond donors (Lipinski definition) is 1. The fourth-order valence-electron chi connectivity index (χ4n) is 0.910. The van der Waals surface area contributed by atoms with E-state index in [1.165, 1.54) is 6.92 Å². The number of rotatable bonds is 6. The van der Waals surface area contributed by atoms with Gasteiger partial charge < -0.3 is 0 Å². The summed E-state index contributed by atoms with van der Waals surface area (Å²) >= 11 is 6.33. The van der Waals surface area contributed by atoms with Gasteiger partial charge >= 0.3 is 0 Å². The van der Waals surface area contributed by atoms with Gasteiger partial charge in [-0.15, -0.1) is 0 Å². The first kappa shape index (κ1) is 14.8. The number of halogens is 1. The second-order valence-corrected chi connectivity index (χ2v) is 9.15. The lowest BCUT2D eigenvalue weighted by Crippen LogP contribution is -2.29. The first-order valence-corrected chi connectivity index (χ1v) is 9.08. The fourth-order valence-corrected chi connectivity index (χ4v) is 4.11. The number of hydrogen-bond acceptors (Lipinski definition) is 6. The number of nitrogens with zero attached hydrogens (tertiary/aromatic N) is 1. The molecule has 17 heavy (non-hydrogen) atoms. The van der Waals surface area contributed by atoms with Crippen molar-refractivity contribution in [3.8, 4) is 0 Å². The maximum atomic E-state index is 11.6. The van der Waals surface area contributed by atoms with Gasteiger partial charge in [-0.25, -0.2) is 26.5 Å². The molecular formula is C7H11ClN2O4S3. The molecule has 1 heterocycles. The third kappa shape index (κ3) is 4.51. The molecule has 0 saturated carbocycles. The van der Waals surface area contributed by atoms with E-state index in [2.05, 4.69) is 9.71 Å². The van der Waals surface area contributed by atoms with Crippen molar-refractivity contribution in [2.24, 2.45) is 0 Å². The normalized spacial score (nSPS) is 12.8. The van der Waals surface area contributed by atoms with Crippen LogP contribution in [0.1, 0.15) is 6.92 Å². The SMILES string of the molecule is CCS(=O)(=O)CCNS(=O)(=O)c1cnc(Cl)s1. The van der Waals surface area contributed by atoms with E-state index in [1.807, 2.05) is 0 Å². The number of aromatic nitrogens is 1. The summed E-state index contributed by atoms with van der Waals surface area (Å²) in [5.41, 5.74) is 0. The Morgan fingerprint density at radius 2 is 2.06 bits per heavy atom. The molecule has 0 aromatic carbocycles. The number of sulfone groups is 1. The van der Waals surface area contributed by atoms with Crippen LogP contribution in [0.5, 0.6) is 0 Å². The Hall–Kier alpha value is -0.220. The molecule has 1 rings (SSSR count). The minimum atomic E-state index is -3.71. The van der Waals surface area contributed by atoms with Crippen molar-refractivity contribution in [2.75, 3.05) is 18.1 Å². The summed E-state index contributed by atoms with van der Waals surface area (Å²) in [5, 5.41) is 0. The van der Waals surface area contributed by atoms with Crippen LogP contribution >= 0.6 is 22.9 Å². The highest BCUT2D eigenvalue weighted by atomic mass is 35.5. The molecule has 0 spiro atoms. The molecule has 1 aromatic rings. The Bertz CT molecular complexity index is 578. The van der Waals surface area contributed by atoms with E-state index in [9.17, 15) is 16.8 Å². The van der Waals surface area contributed by atoms with Gasteiger partial charge in [-0.2, -0.15) is 0 Å². The van der Waals surface area contributed by atoms with E-state index in [-0.39, 0.29) is 26.7 Å². The van der Waals surface area contributed by atoms with Crippen molar-refractivity contribution >= 4 is 42.8 Å². The quantitative estimate of drug-likeness (QED) is 0.825. The van der Waals surface area contributed by atoms with E-state index in [4.69, 9.17) is 11.6 Å². The Labute approximate surface area is 109 Å². The van der Waals surface area contributed by atoms with Crippen molar-refractivity contribution in [3.05, 3.63) is 10.7 Å². The first-order chi connectivity index (χ1) is 7.77. The Morgan fingerprint density at radius 1 is 1.41 bits per heavy atom. The van der Waals surface area contributed by atoms with Gasteiger partial charge in [-0.3, -0.25) is 0 Å². The lowest BCUT2D eigenvalue weighted by molar-refractivity contribution is 0.583. The predicted molar refractivity (Wildman–Crippen MR) is 66.6 cm³/mol. The minimum Gasteiger partial charge on any atom is -0.232 e. The second kappa shape index (κ2) is 5.61. The second-order valence-electron chi connectivity index (χ2n) is 3.07. The largest absolute Gasteiger partial charge is 0.251 e. The van der Waals surface area contributed by atoms with Crippen molar-refractivity contribution in [1.29, 1.82) is 0 Å². The summed E-state index contributed by atoms with van der Waals surface area (Å²) in [7, 11) is -6.90. The van der Waals surface area contributed by atoms with Gasteiger partial charge in [0.05, 0.1) is 11.9 Å². The summed E-state index contributed by atoms with van der Waals surface area (Å²) in [6, 6.07) is 0. The van der Waals surface area contributed by atoms with E-state index in [0.29, 0.717) is 0 Å². The van der Waals surface area contributed by atoms with Crippen molar-refractivity contribution in [3.63, 3.8) is 0 Å². The molecule has 1 aromatic heterocycles. The minimum absolute atomic E-state index is 0.0128. The van der Waals surface area contributed by atoms with Crippen LogP contribution in [0.25, 0.3) is 0 Å².